The number of fused-ring (bicyclic) bond motifs is 1. The van der Waals surface area contributed by atoms with Gasteiger partial charge >= 0.3 is 0 Å². The molecular weight excluding hydrogens is 306 g/mol. The molecule has 1 saturated heterocycles. The molecular formula is C16H23N7O. The van der Waals surface area contributed by atoms with Crippen molar-refractivity contribution in [2.24, 2.45) is 7.05 Å². The molecule has 8 heteroatoms. The Morgan fingerprint density at radius 2 is 2.12 bits per heavy atom. The average molecular weight is 329 g/mol. The van der Waals surface area contributed by atoms with E-state index in [-0.39, 0.29) is 0 Å². The van der Waals surface area contributed by atoms with Crippen molar-refractivity contribution < 1.29 is 5.11 Å². The fraction of sp³-hybridized carbons (Fsp3) is 0.438. The summed E-state index contributed by atoms with van der Waals surface area (Å²) in [7, 11) is 2.90. The van der Waals surface area contributed by atoms with E-state index in [4.69, 9.17) is 15.8 Å². The lowest BCUT2D eigenvalue weighted by atomic mass is 9.96. The van der Waals surface area contributed by atoms with Crippen LogP contribution < -0.4 is 11.1 Å². The third kappa shape index (κ3) is 2.98. The number of hydrogen-bond donors (Lipinski definition) is 3. The van der Waals surface area contributed by atoms with Crippen LogP contribution in [-0.2, 0) is 7.05 Å². The largest absolute Gasteiger partial charge is 0.400 e. The summed E-state index contributed by atoms with van der Waals surface area (Å²) in [4.78, 5) is 4.85. The number of nitrogen functional groups attached to an aromatic ring is 1. The van der Waals surface area contributed by atoms with Gasteiger partial charge in [0.05, 0.1) is 18.1 Å². The highest BCUT2D eigenvalue weighted by molar-refractivity contribution is 5.77. The van der Waals surface area contributed by atoms with Gasteiger partial charge in [-0.25, -0.2) is 4.98 Å². The first kappa shape index (κ1) is 16.4. The molecule has 0 radical (unpaired) electrons. The summed E-state index contributed by atoms with van der Waals surface area (Å²) < 4.78 is 3.47. The number of rotatable bonds is 2. The molecule has 0 bridgehead atoms. The van der Waals surface area contributed by atoms with Crippen molar-refractivity contribution in [2.75, 3.05) is 25.9 Å². The van der Waals surface area contributed by atoms with Crippen molar-refractivity contribution in [3.8, 4) is 11.1 Å². The summed E-state index contributed by atoms with van der Waals surface area (Å²) in [5.74, 6) is 1.04. The van der Waals surface area contributed by atoms with Gasteiger partial charge in [-0.2, -0.15) is 14.7 Å². The first-order valence-corrected chi connectivity index (χ1v) is 8.01. The van der Waals surface area contributed by atoms with Gasteiger partial charge in [-0.15, -0.1) is 0 Å². The Morgan fingerprint density at radius 3 is 2.79 bits per heavy atom. The van der Waals surface area contributed by atoms with E-state index in [2.05, 4.69) is 15.5 Å². The van der Waals surface area contributed by atoms with Gasteiger partial charge in [0.1, 0.15) is 5.82 Å². The zero-order valence-electron chi connectivity index (χ0n) is 14.0. The van der Waals surface area contributed by atoms with Crippen LogP contribution in [0.25, 0.3) is 16.8 Å². The van der Waals surface area contributed by atoms with Gasteiger partial charge in [0.2, 0.25) is 0 Å². The molecule has 0 aromatic carbocycles. The molecule has 1 aliphatic heterocycles. The Labute approximate surface area is 140 Å². The van der Waals surface area contributed by atoms with E-state index in [1.165, 1.54) is 6.42 Å². The maximum Gasteiger partial charge on any atom is 0.165 e. The van der Waals surface area contributed by atoms with Gasteiger partial charge in [0, 0.05) is 50.0 Å². The van der Waals surface area contributed by atoms with E-state index in [9.17, 15) is 0 Å². The van der Waals surface area contributed by atoms with Crippen molar-refractivity contribution in [2.45, 2.75) is 18.8 Å². The summed E-state index contributed by atoms with van der Waals surface area (Å²) in [5.41, 5.74) is 9.99. The summed E-state index contributed by atoms with van der Waals surface area (Å²) in [6.07, 6.45) is 7.91. The number of hydrogen-bond acceptors (Lipinski definition) is 6. The lowest BCUT2D eigenvalue weighted by Crippen LogP contribution is -2.29. The number of anilines is 1. The predicted molar refractivity (Wildman–Crippen MR) is 92.6 cm³/mol. The van der Waals surface area contributed by atoms with Crippen molar-refractivity contribution in [1.82, 2.24) is 29.7 Å². The smallest absolute Gasteiger partial charge is 0.165 e. The first-order valence-electron chi connectivity index (χ1n) is 8.01. The highest BCUT2D eigenvalue weighted by Crippen LogP contribution is 2.28. The van der Waals surface area contributed by atoms with Gasteiger partial charge < -0.3 is 16.2 Å². The molecule has 3 aromatic rings. The molecule has 1 fully saturated rings. The van der Waals surface area contributed by atoms with Crippen LogP contribution in [-0.4, -0.2) is 49.7 Å². The molecule has 4 heterocycles. The number of nitrogens with two attached hydrogens (primary N) is 1. The first-order chi connectivity index (χ1) is 11.7. The number of nitrogens with zero attached hydrogens (tertiary/aromatic N) is 5. The maximum atomic E-state index is 7.00. The summed E-state index contributed by atoms with van der Waals surface area (Å²) >= 11 is 0. The number of piperidine rings is 1. The zero-order chi connectivity index (χ0) is 17.1. The number of aromatic nitrogens is 5. The highest BCUT2D eigenvalue weighted by Gasteiger charge is 2.20. The van der Waals surface area contributed by atoms with Crippen LogP contribution in [0.15, 0.2) is 24.7 Å². The molecule has 4 N–H and O–H groups in total. The van der Waals surface area contributed by atoms with E-state index in [0.717, 1.165) is 49.1 Å². The number of aliphatic hydroxyl groups excluding tert-OH is 1. The molecule has 0 amide bonds. The number of nitrogens with one attached hydrogen (secondary N) is 1. The minimum Gasteiger partial charge on any atom is -0.400 e. The van der Waals surface area contributed by atoms with Crippen LogP contribution in [0.3, 0.4) is 0 Å². The molecule has 0 saturated carbocycles. The quantitative estimate of drug-likeness (QED) is 0.642. The standard InChI is InChI=1S/C15H19N7.CH4O/c1-21-9-11(7-18-21)12-8-19-22-14(16)5-13(20-15(12)22)10-3-2-4-17-6-10;1-2/h5,7-10,17H,2-4,6,16H2,1H3;2H,1H3. The van der Waals surface area contributed by atoms with Gasteiger partial charge in [-0.1, -0.05) is 0 Å². The minimum atomic E-state index is 0.415. The summed E-state index contributed by atoms with van der Waals surface area (Å²) in [5, 5.41) is 19.0. The van der Waals surface area contributed by atoms with Crippen LogP contribution in [0.2, 0.25) is 0 Å². The van der Waals surface area contributed by atoms with Crippen molar-refractivity contribution in [3.63, 3.8) is 0 Å². The van der Waals surface area contributed by atoms with Crippen LogP contribution in [0.4, 0.5) is 5.82 Å². The normalized spacial score (nSPS) is 17.5. The third-order valence-corrected chi connectivity index (χ3v) is 4.25. The zero-order valence-corrected chi connectivity index (χ0v) is 14.0. The van der Waals surface area contributed by atoms with Gasteiger partial charge in [0.25, 0.3) is 0 Å². The molecule has 24 heavy (non-hydrogen) atoms. The molecule has 1 unspecified atom stereocenters. The lowest BCUT2D eigenvalue weighted by molar-refractivity contribution is 0.399. The topological polar surface area (TPSA) is 106 Å². The maximum absolute atomic E-state index is 7.00. The average Bonchev–Trinajstić information content (AvgIpc) is 3.23. The van der Waals surface area contributed by atoms with E-state index in [1.54, 1.807) is 15.4 Å². The van der Waals surface area contributed by atoms with Gasteiger partial charge in [-0.3, -0.25) is 4.68 Å². The van der Waals surface area contributed by atoms with E-state index >= 15 is 0 Å². The summed E-state index contributed by atoms with van der Waals surface area (Å²) in [6, 6.07) is 1.95. The lowest BCUT2D eigenvalue weighted by Gasteiger charge is -2.22. The molecule has 1 aliphatic rings. The minimum absolute atomic E-state index is 0.415. The fourth-order valence-electron chi connectivity index (χ4n) is 3.08. The number of aryl methyl sites for hydroxylation is 1. The molecule has 3 aromatic heterocycles. The second-order valence-corrected chi connectivity index (χ2v) is 5.85. The fourth-order valence-corrected chi connectivity index (χ4v) is 3.08. The highest BCUT2D eigenvalue weighted by atomic mass is 16.2. The Morgan fingerprint density at radius 1 is 1.29 bits per heavy atom. The molecule has 8 nitrogen and oxygen atoms in total. The van der Waals surface area contributed by atoms with E-state index in [1.807, 2.05) is 25.5 Å². The van der Waals surface area contributed by atoms with Crippen molar-refractivity contribution in [1.29, 1.82) is 0 Å². The summed E-state index contributed by atoms with van der Waals surface area (Å²) in [6.45, 7) is 2.04. The predicted octanol–water partition coefficient (Wildman–Crippen LogP) is 0.787. The van der Waals surface area contributed by atoms with Crippen LogP contribution in [0, 0.1) is 0 Å². The molecule has 1 atom stereocenters. The van der Waals surface area contributed by atoms with Crippen LogP contribution >= 0.6 is 0 Å². The monoisotopic (exact) mass is 329 g/mol. The van der Waals surface area contributed by atoms with Gasteiger partial charge in [-0.05, 0) is 19.4 Å². The molecule has 0 spiro atoms. The second kappa shape index (κ2) is 6.98. The SMILES string of the molecule is CO.Cn1cc(-c2cnn3c(N)cc(C4CCCNC4)nc23)cn1. The van der Waals surface area contributed by atoms with Crippen LogP contribution in [0.5, 0.6) is 0 Å². The van der Waals surface area contributed by atoms with E-state index in [0.29, 0.717) is 11.7 Å². The van der Waals surface area contributed by atoms with Crippen molar-refractivity contribution in [3.05, 3.63) is 30.4 Å². The molecule has 4 rings (SSSR count). The Kier molecular flexibility index (Phi) is 4.77. The van der Waals surface area contributed by atoms with E-state index < -0.39 is 0 Å². The molecule has 0 aliphatic carbocycles. The Balaban J connectivity index is 0.000000815. The van der Waals surface area contributed by atoms with Gasteiger partial charge in [0.15, 0.2) is 5.65 Å². The third-order valence-electron chi connectivity index (χ3n) is 4.25. The van der Waals surface area contributed by atoms with Crippen LogP contribution in [0.1, 0.15) is 24.5 Å². The van der Waals surface area contributed by atoms with Crippen molar-refractivity contribution >= 4 is 11.5 Å². The second-order valence-electron chi connectivity index (χ2n) is 5.85. The Bertz CT molecular complexity index is 817. The number of aliphatic hydroxyl groups is 1. The molecule has 128 valence electrons. The Hall–Kier alpha value is -2.45.